The van der Waals surface area contributed by atoms with Crippen molar-refractivity contribution in [3.8, 4) is 26.3 Å². The Kier molecular flexibility index (Phi) is 7.94. The first-order chi connectivity index (χ1) is 19.6. The maximum absolute atomic E-state index is 11.2. The average molecular weight is 575 g/mol. The number of aryl methyl sites for hydroxylation is 1. The molecule has 0 radical (unpaired) electrons. The zero-order valence-corrected chi connectivity index (χ0v) is 25.0. The predicted molar refractivity (Wildman–Crippen MR) is 172 cm³/mol. The molecule has 5 aromatic rings. The molecular weight excluding hydrogens is 545 g/mol. The lowest BCUT2D eigenvalue weighted by Gasteiger charge is -2.27. The minimum Gasteiger partial charge on any atom is -0.477 e. The van der Waals surface area contributed by atoms with Crippen LogP contribution in [0.25, 0.3) is 26.3 Å². The molecule has 0 spiro atoms. The molecule has 2 aromatic heterocycles. The zero-order valence-electron chi connectivity index (χ0n) is 23.4. The molecule has 1 N–H and O–H groups in total. The summed E-state index contributed by atoms with van der Waals surface area (Å²) in [5.74, 6) is -1.22. The number of benzene rings is 3. The molecule has 0 aliphatic carbocycles. The fourth-order valence-corrected chi connectivity index (χ4v) is 6.55. The molecule has 3 aromatic carbocycles. The summed E-state index contributed by atoms with van der Waals surface area (Å²) in [4.78, 5) is 17.5. The van der Waals surface area contributed by atoms with E-state index in [1.165, 1.54) is 28.5 Å². The van der Waals surface area contributed by atoms with Gasteiger partial charge in [0.2, 0.25) is 0 Å². The Morgan fingerprint density at radius 2 is 1.27 bits per heavy atom. The summed E-state index contributed by atoms with van der Waals surface area (Å²) in [7, 11) is 0. The summed E-state index contributed by atoms with van der Waals surface area (Å²) in [6.45, 7) is 8.79. The number of rotatable bonds is 7. The Labute approximate surface area is 249 Å². The number of hydrogen-bond acceptors (Lipinski definition) is 5. The normalized spacial score (nSPS) is 11.7. The lowest BCUT2D eigenvalue weighted by atomic mass is 9.87. The Hall–Kier alpha value is -4.44. The zero-order chi connectivity index (χ0) is 29.1. The van der Waals surface area contributed by atoms with E-state index < -0.39 is 5.97 Å². The van der Waals surface area contributed by atoms with Crippen molar-refractivity contribution in [3.05, 3.63) is 119 Å². The molecule has 0 amide bonds. The molecule has 0 aliphatic rings. The van der Waals surface area contributed by atoms with Gasteiger partial charge in [-0.1, -0.05) is 62.7 Å². The van der Waals surface area contributed by atoms with Gasteiger partial charge in [0.1, 0.15) is 11.6 Å². The first-order valence-corrected chi connectivity index (χ1v) is 14.9. The van der Waals surface area contributed by atoms with E-state index in [0.717, 1.165) is 42.1 Å². The van der Waals surface area contributed by atoms with E-state index in [0.29, 0.717) is 0 Å². The van der Waals surface area contributed by atoms with E-state index in [-0.39, 0.29) is 11.0 Å². The highest BCUT2D eigenvalue weighted by Crippen LogP contribution is 2.40. The Morgan fingerprint density at radius 1 is 0.756 bits per heavy atom. The van der Waals surface area contributed by atoms with Crippen molar-refractivity contribution in [2.45, 2.75) is 33.1 Å². The van der Waals surface area contributed by atoms with E-state index >= 15 is 0 Å². The van der Waals surface area contributed by atoms with Crippen LogP contribution >= 0.6 is 22.7 Å². The van der Waals surface area contributed by atoms with Crippen LogP contribution in [0.1, 0.15) is 36.8 Å². The van der Waals surface area contributed by atoms with Crippen molar-refractivity contribution < 1.29 is 9.90 Å². The van der Waals surface area contributed by atoms with Crippen LogP contribution in [-0.2, 0) is 10.2 Å². The molecule has 41 heavy (non-hydrogen) atoms. The van der Waals surface area contributed by atoms with E-state index in [1.807, 2.05) is 12.1 Å². The van der Waals surface area contributed by atoms with Crippen LogP contribution in [0.15, 0.2) is 103 Å². The highest BCUT2D eigenvalue weighted by atomic mass is 32.1. The maximum Gasteiger partial charge on any atom is 0.346 e. The second-order valence-corrected chi connectivity index (χ2v) is 13.1. The third-order valence-electron chi connectivity index (χ3n) is 6.81. The molecule has 0 bridgehead atoms. The van der Waals surface area contributed by atoms with Gasteiger partial charge in [-0.3, -0.25) is 0 Å². The third-order valence-corrected chi connectivity index (χ3v) is 9.17. The minimum absolute atomic E-state index is 0.0911. The molecule has 0 aliphatic heterocycles. The van der Waals surface area contributed by atoms with Crippen LogP contribution in [0.4, 0.5) is 17.1 Å². The van der Waals surface area contributed by atoms with E-state index in [4.69, 9.17) is 10.4 Å². The van der Waals surface area contributed by atoms with E-state index in [1.54, 1.807) is 17.4 Å². The molecule has 0 saturated heterocycles. The van der Waals surface area contributed by atoms with Crippen molar-refractivity contribution in [2.75, 3.05) is 4.90 Å². The number of carboxylic acid groups (broad SMARTS) is 1. The van der Waals surface area contributed by atoms with Gasteiger partial charge in [0, 0.05) is 36.6 Å². The van der Waals surface area contributed by atoms with Gasteiger partial charge in [-0.05, 0) is 90.2 Å². The lowest BCUT2D eigenvalue weighted by Crippen LogP contribution is -2.13. The molecular formula is C35H30N2O2S2. The Balaban J connectivity index is 1.43. The van der Waals surface area contributed by atoms with Gasteiger partial charge in [-0.15, -0.1) is 22.7 Å². The number of carbonyl (C=O) groups is 1. The largest absolute Gasteiger partial charge is 0.477 e. The van der Waals surface area contributed by atoms with Crippen molar-refractivity contribution in [1.29, 1.82) is 5.26 Å². The van der Waals surface area contributed by atoms with Gasteiger partial charge >= 0.3 is 5.97 Å². The number of anilines is 3. The second kappa shape index (κ2) is 11.6. The first kappa shape index (κ1) is 28.1. The van der Waals surface area contributed by atoms with Crippen LogP contribution < -0.4 is 4.90 Å². The Morgan fingerprint density at radius 3 is 1.83 bits per heavy atom. The molecule has 0 fully saturated rings. The highest BCUT2D eigenvalue weighted by Gasteiger charge is 2.17. The minimum atomic E-state index is -1.22. The average Bonchev–Trinajstić information content (AvgIpc) is 3.63. The fraction of sp³-hybridized carbons (Fsp3) is 0.143. The Bertz CT molecular complexity index is 1750. The van der Waals surface area contributed by atoms with E-state index in [9.17, 15) is 4.79 Å². The SMILES string of the molecule is Cc1ccc(N(c2ccc(-c3ccc(-c4ccc(/C=C(/C#N)C(=O)O)s4)s3)cc2)c2ccc(C(C)(C)C)cc2)cc1. The van der Waals surface area contributed by atoms with Gasteiger partial charge in [-0.2, -0.15) is 5.26 Å². The third kappa shape index (κ3) is 6.33. The van der Waals surface area contributed by atoms with Gasteiger partial charge in [-0.25, -0.2) is 4.79 Å². The van der Waals surface area contributed by atoms with Gasteiger partial charge in [0.15, 0.2) is 0 Å². The number of thiophene rings is 2. The van der Waals surface area contributed by atoms with Gasteiger partial charge < -0.3 is 10.0 Å². The molecule has 0 atom stereocenters. The van der Waals surface area contributed by atoms with Gasteiger partial charge in [0.25, 0.3) is 0 Å². The van der Waals surface area contributed by atoms with Crippen molar-refractivity contribution in [2.24, 2.45) is 0 Å². The molecule has 5 rings (SSSR count). The quantitative estimate of drug-likeness (QED) is 0.155. The maximum atomic E-state index is 11.2. The molecule has 0 unspecified atom stereocenters. The smallest absolute Gasteiger partial charge is 0.346 e. The standard InChI is InChI=1S/C35H30N2O2S2/c1-23-5-11-27(12-6-23)37(29-15-9-26(10-16-29)35(2,3)4)28-13-7-24(8-14-28)31-19-20-33(41-31)32-18-17-30(40-32)21-25(22-36)34(38)39/h5-21H,1-4H3,(H,38,39)/b25-21-. The van der Waals surface area contributed by atoms with Crippen LogP contribution in [-0.4, -0.2) is 11.1 Å². The number of carboxylic acids is 1. The van der Waals surface area contributed by atoms with Crippen LogP contribution in [0, 0.1) is 18.3 Å². The second-order valence-electron chi connectivity index (χ2n) is 10.9. The summed E-state index contributed by atoms with van der Waals surface area (Å²) in [5.41, 5.74) is 6.78. The van der Waals surface area contributed by atoms with E-state index in [2.05, 4.69) is 118 Å². The molecule has 2 heterocycles. The summed E-state index contributed by atoms with van der Waals surface area (Å²) in [5, 5.41) is 18.2. The topological polar surface area (TPSA) is 64.3 Å². The number of nitriles is 1. The fourth-order valence-electron chi connectivity index (χ4n) is 4.50. The lowest BCUT2D eigenvalue weighted by molar-refractivity contribution is -0.132. The number of nitrogens with zero attached hydrogens (tertiary/aromatic N) is 2. The predicted octanol–water partition coefficient (Wildman–Crippen LogP) is 10.2. The number of aliphatic carboxylic acids is 1. The summed E-state index contributed by atoms with van der Waals surface area (Å²) < 4.78 is 0. The van der Waals surface area contributed by atoms with Crippen molar-refractivity contribution in [1.82, 2.24) is 0 Å². The van der Waals surface area contributed by atoms with Crippen LogP contribution in [0.2, 0.25) is 0 Å². The molecule has 6 heteroatoms. The van der Waals surface area contributed by atoms with Gasteiger partial charge in [0.05, 0.1) is 0 Å². The summed E-state index contributed by atoms with van der Waals surface area (Å²) in [6, 6.07) is 35.8. The molecule has 0 saturated carbocycles. The highest BCUT2D eigenvalue weighted by molar-refractivity contribution is 7.24. The molecule has 4 nitrogen and oxygen atoms in total. The summed E-state index contributed by atoms with van der Waals surface area (Å²) >= 11 is 3.16. The van der Waals surface area contributed by atoms with Crippen LogP contribution in [0.5, 0.6) is 0 Å². The first-order valence-electron chi connectivity index (χ1n) is 13.3. The van der Waals surface area contributed by atoms with Crippen molar-refractivity contribution >= 4 is 51.8 Å². The number of hydrogen-bond donors (Lipinski definition) is 1. The molecule has 204 valence electrons. The monoisotopic (exact) mass is 574 g/mol. The summed E-state index contributed by atoms with van der Waals surface area (Å²) in [6.07, 6.45) is 1.42. The van der Waals surface area contributed by atoms with Crippen molar-refractivity contribution in [3.63, 3.8) is 0 Å². The van der Waals surface area contributed by atoms with Crippen LogP contribution in [0.3, 0.4) is 0 Å².